The van der Waals surface area contributed by atoms with Crippen LogP contribution in [0, 0.1) is 11.3 Å². The number of alkyl halides is 3. The van der Waals surface area contributed by atoms with Crippen LogP contribution >= 0.6 is 11.3 Å². The van der Waals surface area contributed by atoms with Crippen molar-refractivity contribution in [1.29, 1.82) is 0 Å². The van der Waals surface area contributed by atoms with Crippen molar-refractivity contribution in [1.82, 2.24) is 15.0 Å². The Morgan fingerprint density at radius 2 is 1.95 bits per heavy atom. The third-order valence-corrected chi connectivity index (χ3v) is 8.66. The Bertz CT molecular complexity index is 1360. The summed E-state index contributed by atoms with van der Waals surface area (Å²) in [6, 6.07) is 6.64. The van der Waals surface area contributed by atoms with Crippen molar-refractivity contribution in [3.8, 4) is 10.4 Å². The van der Waals surface area contributed by atoms with Gasteiger partial charge in [0.05, 0.1) is 17.9 Å². The summed E-state index contributed by atoms with van der Waals surface area (Å²) in [5.74, 6) is -0.306. The van der Waals surface area contributed by atoms with E-state index in [-0.39, 0.29) is 17.8 Å². The Morgan fingerprint density at radius 1 is 1.18 bits per heavy atom. The molecule has 0 bridgehead atoms. The molecular weight excluding hydrogens is 517 g/mol. The number of anilines is 2. The van der Waals surface area contributed by atoms with E-state index in [1.807, 2.05) is 26.0 Å². The smallest absolute Gasteiger partial charge is 0.433 e. The van der Waals surface area contributed by atoms with E-state index in [1.165, 1.54) is 18.4 Å². The number of esters is 1. The number of halogens is 3. The molecule has 0 saturated heterocycles. The van der Waals surface area contributed by atoms with Crippen LogP contribution in [0.2, 0.25) is 0 Å². The van der Waals surface area contributed by atoms with Gasteiger partial charge in [-0.3, -0.25) is 4.79 Å². The van der Waals surface area contributed by atoms with Gasteiger partial charge in [-0.05, 0) is 78.8 Å². The largest absolute Gasteiger partial charge is 0.469 e. The number of rotatable bonds is 6. The number of hydrogen-bond donors (Lipinski definition) is 2. The number of aromatic nitrogens is 3. The van der Waals surface area contributed by atoms with Crippen LogP contribution in [0.15, 0.2) is 36.7 Å². The van der Waals surface area contributed by atoms with Gasteiger partial charge in [-0.2, -0.15) is 13.2 Å². The highest BCUT2D eigenvalue weighted by atomic mass is 32.1. The molecule has 5 rings (SSSR count). The maximum Gasteiger partial charge on any atom is 0.433 e. The lowest BCUT2D eigenvalue weighted by atomic mass is 9.63. The quantitative estimate of drug-likeness (QED) is 0.344. The van der Waals surface area contributed by atoms with Crippen molar-refractivity contribution in [3.05, 3.63) is 52.9 Å². The van der Waals surface area contributed by atoms with Gasteiger partial charge in [0.15, 0.2) is 0 Å². The van der Waals surface area contributed by atoms with Crippen LogP contribution in [0.4, 0.5) is 24.8 Å². The molecule has 7 nitrogen and oxygen atoms in total. The fourth-order valence-corrected chi connectivity index (χ4v) is 6.37. The second-order valence-electron chi connectivity index (χ2n) is 10.8. The first-order valence-electron chi connectivity index (χ1n) is 12.5. The lowest BCUT2D eigenvalue weighted by Gasteiger charge is -2.44. The fraction of sp³-hybridized carbons (Fsp3) is 0.481. The van der Waals surface area contributed by atoms with Crippen molar-refractivity contribution >= 4 is 28.9 Å². The van der Waals surface area contributed by atoms with E-state index in [0.29, 0.717) is 35.9 Å². The van der Waals surface area contributed by atoms with Crippen LogP contribution in [0.3, 0.4) is 0 Å². The van der Waals surface area contributed by atoms with E-state index >= 15 is 0 Å². The zero-order chi connectivity index (χ0) is 27.3. The average Bonchev–Trinajstić information content (AvgIpc) is 3.58. The van der Waals surface area contributed by atoms with E-state index in [9.17, 15) is 23.1 Å². The van der Waals surface area contributed by atoms with Gasteiger partial charge in [-0.15, -0.1) is 11.3 Å². The van der Waals surface area contributed by atoms with E-state index in [1.54, 1.807) is 6.20 Å². The predicted octanol–water partition coefficient (Wildman–Crippen LogP) is 6.43. The summed E-state index contributed by atoms with van der Waals surface area (Å²) in [4.78, 5) is 25.2. The molecule has 2 unspecified atom stereocenters. The molecule has 11 heteroatoms. The third-order valence-electron chi connectivity index (χ3n) is 7.42. The van der Waals surface area contributed by atoms with E-state index in [2.05, 4.69) is 26.3 Å². The molecule has 2 heterocycles. The molecule has 38 heavy (non-hydrogen) atoms. The zero-order valence-electron chi connectivity index (χ0n) is 21.3. The van der Waals surface area contributed by atoms with E-state index in [0.717, 1.165) is 41.1 Å². The first kappa shape index (κ1) is 26.6. The monoisotopic (exact) mass is 546 g/mol. The number of nitrogens with zero attached hydrogens (tertiary/aromatic N) is 3. The van der Waals surface area contributed by atoms with E-state index in [4.69, 9.17) is 4.74 Å². The van der Waals surface area contributed by atoms with Gasteiger partial charge in [0, 0.05) is 18.1 Å². The number of thiazole rings is 1. The fourth-order valence-electron chi connectivity index (χ4n) is 5.35. The first-order valence-corrected chi connectivity index (χ1v) is 13.3. The van der Waals surface area contributed by atoms with Gasteiger partial charge in [0.2, 0.25) is 5.95 Å². The van der Waals surface area contributed by atoms with Gasteiger partial charge in [0.25, 0.3) is 0 Å². The maximum atomic E-state index is 13.1. The molecule has 0 radical (unpaired) electrons. The molecule has 2 aliphatic carbocycles. The van der Waals surface area contributed by atoms with Gasteiger partial charge in [-0.25, -0.2) is 15.0 Å². The Hall–Kier alpha value is -3.05. The number of methoxy groups -OCH3 is 1. The van der Waals surface area contributed by atoms with Gasteiger partial charge < -0.3 is 15.2 Å². The molecule has 2 saturated carbocycles. The number of hydrogen-bond acceptors (Lipinski definition) is 8. The minimum Gasteiger partial charge on any atom is -0.469 e. The van der Waals surface area contributed by atoms with Crippen LogP contribution in [0.25, 0.3) is 10.4 Å². The highest BCUT2D eigenvalue weighted by Crippen LogP contribution is 2.51. The van der Waals surface area contributed by atoms with Crippen LogP contribution in [0.1, 0.15) is 68.1 Å². The van der Waals surface area contributed by atoms with E-state index < -0.39 is 22.9 Å². The normalized spacial score (nSPS) is 23.2. The molecule has 0 aliphatic heterocycles. The van der Waals surface area contributed by atoms with Crippen LogP contribution in [-0.4, -0.2) is 33.1 Å². The van der Waals surface area contributed by atoms with Crippen LogP contribution in [-0.2, 0) is 21.3 Å². The van der Waals surface area contributed by atoms with Crippen molar-refractivity contribution in [3.63, 3.8) is 0 Å². The van der Waals surface area contributed by atoms with Crippen molar-refractivity contribution in [2.75, 3.05) is 12.4 Å². The molecule has 2 N–H and O–H groups in total. The van der Waals surface area contributed by atoms with Crippen molar-refractivity contribution in [2.24, 2.45) is 11.3 Å². The molecule has 3 aromatic rings. The predicted molar refractivity (Wildman–Crippen MR) is 137 cm³/mol. The minimum atomic E-state index is -4.57. The highest BCUT2D eigenvalue weighted by molar-refractivity contribution is 7.15. The molecule has 1 aromatic carbocycles. The summed E-state index contributed by atoms with van der Waals surface area (Å²) in [5.41, 5.74) is -0.155. The number of carbonyl (C=O) groups excluding carboxylic acids is 1. The molecule has 202 valence electrons. The van der Waals surface area contributed by atoms with Gasteiger partial charge in [0.1, 0.15) is 16.3 Å². The Balaban J connectivity index is 1.43. The summed E-state index contributed by atoms with van der Waals surface area (Å²) >= 11 is 1.38. The van der Waals surface area contributed by atoms with Gasteiger partial charge >= 0.3 is 12.1 Å². The Kier molecular flexibility index (Phi) is 6.71. The first-order chi connectivity index (χ1) is 17.9. The molecule has 0 amide bonds. The standard InChI is InChI=1S/C27H29F3N4O3S/c1-25(2)14-26(36,8-6-19(25)22(35)37-3)23-32-13-20(38-23)17-10-16(15-4-5-15)11-18(12-17)33-24-31-9-7-21(34-24)27(28,29)30/h7,9-13,15,19,36H,4-6,8,14H2,1-3H3,(H,31,33,34). The second-order valence-corrected chi connectivity index (χ2v) is 11.9. The molecule has 2 atom stereocenters. The van der Waals surface area contributed by atoms with Crippen LogP contribution < -0.4 is 5.32 Å². The van der Waals surface area contributed by atoms with Crippen molar-refractivity contribution in [2.45, 2.75) is 63.6 Å². The Labute approximate surface area is 222 Å². The summed E-state index contributed by atoms with van der Waals surface area (Å²) in [6.45, 7) is 3.92. The SMILES string of the molecule is COC(=O)C1CCC(O)(c2ncc(-c3cc(Nc4nccc(C(F)(F)F)n4)cc(C4CC4)c3)s2)CC1(C)C. The van der Waals surface area contributed by atoms with Crippen LogP contribution in [0.5, 0.6) is 0 Å². The lowest BCUT2D eigenvalue weighted by molar-refractivity contribution is -0.157. The number of aliphatic hydroxyl groups is 1. The lowest BCUT2D eigenvalue weighted by Crippen LogP contribution is -2.45. The second kappa shape index (κ2) is 9.60. The summed E-state index contributed by atoms with van der Waals surface area (Å²) in [7, 11) is 1.38. The highest BCUT2D eigenvalue weighted by Gasteiger charge is 2.49. The topological polar surface area (TPSA) is 97.2 Å². The van der Waals surface area contributed by atoms with Crippen molar-refractivity contribution < 1.29 is 27.8 Å². The number of ether oxygens (including phenoxy) is 1. The average molecular weight is 547 g/mol. The molecule has 2 aliphatic rings. The minimum absolute atomic E-state index is 0.136. The molecule has 2 fully saturated rings. The number of carbonyl (C=O) groups is 1. The third kappa shape index (κ3) is 5.40. The molecular formula is C27H29F3N4O3S. The summed E-state index contributed by atoms with van der Waals surface area (Å²) in [5, 5.41) is 15.1. The van der Waals surface area contributed by atoms with Gasteiger partial charge in [-0.1, -0.05) is 13.8 Å². The molecule has 2 aromatic heterocycles. The molecule has 0 spiro atoms. The summed E-state index contributed by atoms with van der Waals surface area (Å²) in [6.07, 6.45) is 1.58. The zero-order valence-corrected chi connectivity index (χ0v) is 22.1. The maximum absolute atomic E-state index is 13.1. The number of nitrogens with one attached hydrogen (secondary N) is 1. The summed E-state index contributed by atoms with van der Waals surface area (Å²) < 4.78 is 44.3. The number of benzene rings is 1. The Morgan fingerprint density at radius 3 is 2.61 bits per heavy atom.